The van der Waals surface area contributed by atoms with E-state index in [2.05, 4.69) is 21.2 Å². The second kappa shape index (κ2) is 4.13. The van der Waals surface area contributed by atoms with Crippen molar-refractivity contribution in [2.45, 2.75) is 12.8 Å². The van der Waals surface area contributed by atoms with Crippen LogP contribution in [-0.4, -0.2) is 12.5 Å². The quantitative estimate of drug-likeness (QED) is 0.882. The highest BCUT2D eigenvalue weighted by Crippen LogP contribution is 2.27. The van der Waals surface area contributed by atoms with Gasteiger partial charge in [-0.05, 0) is 46.8 Å². The average molecular weight is 254 g/mol. The Bertz CT molecular complexity index is 347. The molecule has 1 aliphatic carbocycles. The van der Waals surface area contributed by atoms with Crippen LogP contribution in [0.4, 0.5) is 0 Å². The van der Waals surface area contributed by atoms with Crippen molar-refractivity contribution in [3.63, 3.8) is 0 Å². The Balaban J connectivity index is 1.98. The molecule has 1 aromatic carbocycles. The van der Waals surface area contributed by atoms with Crippen molar-refractivity contribution in [2.24, 2.45) is 5.92 Å². The molecule has 1 N–H and O–H groups in total. The van der Waals surface area contributed by atoms with E-state index in [1.807, 2.05) is 24.3 Å². The van der Waals surface area contributed by atoms with E-state index in [-0.39, 0.29) is 5.91 Å². The summed E-state index contributed by atoms with van der Waals surface area (Å²) in [5, 5.41) is 2.93. The third kappa shape index (κ3) is 2.35. The standard InChI is InChI=1S/C11H12BrNO/c12-10-4-2-1-3-9(10)11(14)13-7-8-5-6-8/h1-4,8H,5-7H2,(H,13,14). The summed E-state index contributed by atoms with van der Waals surface area (Å²) in [6, 6.07) is 7.48. The maximum atomic E-state index is 11.7. The van der Waals surface area contributed by atoms with Crippen molar-refractivity contribution in [1.29, 1.82) is 0 Å². The number of halogens is 1. The van der Waals surface area contributed by atoms with Gasteiger partial charge in [0.1, 0.15) is 0 Å². The molecule has 1 aliphatic rings. The van der Waals surface area contributed by atoms with Crippen LogP contribution in [0.15, 0.2) is 28.7 Å². The largest absolute Gasteiger partial charge is 0.352 e. The second-order valence-electron chi connectivity index (χ2n) is 3.63. The smallest absolute Gasteiger partial charge is 0.252 e. The first-order chi connectivity index (χ1) is 6.77. The Hall–Kier alpha value is -0.830. The maximum absolute atomic E-state index is 11.7. The highest BCUT2D eigenvalue weighted by molar-refractivity contribution is 9.10. The van der Waals surface area contributed by atoms with Gasteiger partial charge in [-0.2, -0.15) is 0 Å². The summed E-state index contributed by atoms with van der Waals surface area (Å²) in [4.78, 5) is 11.7. The molecule has 74 valence electrons. The van der Waals surface area contributed by atoms with E-state index in [9.17, 15) is 4.79 Å². The Kier molecular flexibility index (Phi) is 2.87. The fourth-order valence-electron chi connectivity index (χ4n) is 1.30. The van der Waals surface area contributed by atoms with Crippen molar-refractivity contribution in [1.82, 2.24) is 5.32 Å². The lowest BCUT2D eigenvalue weighted by Crippen LogP contribution is -2.25. The molecule has 0 bridgehead atoms. The predicted octanol–water partition coefficient (Wildman–Crippen LogP) is 2.59. The van der Waals surface area contributed by atoms with Gasteiger partial charge < -0.3 is 5.32 Å². The molecule has 0 unspecified atom stereocenters. The third-order valence-corrected chi connectivity index (χ3v) is 3.06. The number of hydrogen-bond donors (Lipinski definition) is 1. The average Bonchev–Trinajstić information content (AvgIpc) is 2.98. The van der Waals surface area contributed by atoms with Gasteiger partial charge in [0.15, 0.2) is 0 Å². The number of carbonyl (C=O) groups is 1. The van der Waals surface area contributed by atoms with Crippen molar-refractivity contribution in [2.75, 3.05) is 6.54 Å². The van der Waals surface area contributed by atoms with Crippen LogP contribution in [0.25, 0.3) is 0 Å². The van der Waals surface area contributed by atoms with Crippen LogP contribution in [0, 0.1) is 5.92 Å². The van der Waals surface area contributed by atoms with E-state index in [4.69, 9.17) is 0 Å². The molecule has 0 spiro atoms. The van der Waals surface area contributed by atoms with Gasteiger partial charge in [0.2, 0.25) is 0 Å². The van der Waals surface area contributed by atoms with Crippen LogP contribution in [0.2, 0.25) is 0 Å². The van der Waals surface area contributed by atoms with E-state index in [1.54, 1.807) is 0 Å². The van der Waals surface area contributed by atoms with Crippen molar-refractivity contribution >= 4 is 21.8 Å². The molecule has 1 fully saturated rings. The number of nitrogens with one attached hydrogen (secondary N) is 1. The van der Waals surface area contributed by atoms with Gasteiger partial charge in [0.05, 0.1) is 5.56 Å². The van der Waals surface area contributed by atoms with Crippen LogP contribution in [0.3, 0.4) is 0 Å². The zero-order chi connectivity index (χ0) is 9.97. The van der Waals surface area contributed by atoms with Crippen LogP contribution in [-0.2, 0) is 0 Å². The molecule has 0 aliphatic heterocycles. The molecule has 0 saturated heterocycles. The molecule has 0 atom stereocenters. The van der Waals surface area contributed by atoms with Crippen molar-refractivity contribution in [3.8, 4) is 0 Å². The van der Waals surface area contributed by atoms with E-state index in [0.29, 0.717) is 5.56 Å². The van der Waals surface area contributed by atoms with Crippen molar-refractivity contribution < 1.29 is 4.79 Å². The fourth-order valence-corrected chi connectivity index (χ4v) is 1.76. The third-order valence-electron chi connectivity index (χ3n) is 2.37. The van der Waals surface area contributed by atoms with E-state index >= 15 is 0 Å². The number of hydrogen-bond acceptors (Lipinski definition) is 1. The molecule has 0 aromatic heterocycles. The number of benzene rings is 1. The van der Waals surface area contributed by atoms with Gasteiger partial charge >= 0.3 is 0 Å². The van der Waals surface area contributed by atoms with E-state index in [1.165, 1.54) is 12.8 Å². The molecule has 3 heteroatoms. The van der Waals surface area contributed by atoms with Crippen LogP contribution < -0.4 is 5.32 Å². The van der Waals surface area contributed by atoms with Crippen molar-refractivity contribution in [3.05, 3.63) is 34.3 Å². The van der Waals surface area contributed by atoms with Crippen LogP contribution in [0.1, 0.15) is 23.2 Å². The minimum atomic E-state index is 0.0179. The number of carbonyl (C=O) groups excluding carboxylic acids is 1. The summed E-state index contributed by atoms with van der Waals surface area (Å²) in [6.45, 7) is 0.820. The fraction of sp³-hybridized carbons (Fsp3) is 0.364. The van der Waals surface area contributed by atoms with E-state index in [0.717, 1.165) is 16.9 Å². The topological polar surface area (TPSA) is 29.1 Å². The Morgan fingerprint density at radius 2 is 2.14 bits per heavy atom. The lowest BCUT2D eigenvalue weighted by Gasteiger charge is -2.05. The SMILES string of the molecule is O=C(NCC1CC1)c1ccccc1Br. The highest BCUT2D eigenvalue weighted by Gasteiger charge is 2.22. The van der Waals surface area contributed by atoms with Crippen LogP contribution >= 0.6 is 15.9 Å². The Labute approximate surface area is 91.8 Å². The molecular formula is C11H12BrNO. The van der Waals surface area contributed by atoms with Gasteiger partial charge in [0, 0.05) is 11.0 Å². The maximum Gasteiger partial charge on any atom is 0.252 e. The summed E-state index contributed by atoms with van der Waals surface area (Å²) in [5.41, 5.74) is 0.716. The Morgan fingerprint density at radius 3 is 2.79 bits per heavy atom. The van der Waals surface area contributed by atoms with Gasteiger partial charge in [-0.3, -0.25) is 4.79 Å². The minimum Gasteiger partial charge on any atom is -0.352 e. The van der Waals surface area contributed by atoms with Gasteiger partial charge in [0.25, 0.3) is 5.91 Å². The molecule has 2 rings (SSSR count). The molecule has 1 aromatic rings. The second-order valence-corrected chi connectivity index (χ2v) is 4.49. The molecular weight excluding hydrogens is 242 g/mol. The molecule has 0 radical (unpaired) electrons. The highest BCUT2D eigenvalue weighted by atomic mass is 79.9. The first kappa shape index (κ1) is 9.71. The molecule has 14 heavy (non-hydrogen) atoms. The summed E-state index contributed by atoms with van der Waals surface area (Å²) in [5.74, 6) is 0.741. The zero-order valence-corrected chi connectivity index (χ0v) is 9.38. The van der Waals surface area contributed by atoms with Gasteiger partial charge in [-0.15, -0.1) is 0 Å². The molecule has 1 saturated carbocycles. The first-order valence-corrected chi connectivity index (χ1v) is 5.59. The van der Waals surface area contributed by atoms with Gasteiger partial charge in [-0.1, -0.05) is 12.1 Å². The lowest BCUT2D eigenvalue weighted by molar-refractivity contribution is 0.0951. The lowest BCUT2D eigenvalue weighted by atomic mass is 10.2. The summed E-state index contributed by atoms with van der Waals surface area (Å²) in [6.07, 6.45) is 2.52. The van der Waals surface area contributed by atoms with E-state index < -0.39 is 0 Å². The first-order valence-electron chi connectivity index (χ1n) is 4.80. The number of amides is 1. The van der Waals surface area contributed by atoms with Crippen LogP contribution in [0.5, 0.6) is 0 Å². The predicted molar refractivity (Wildman–Crippen MR) is 59.2 cm³/mol. The molecule has 2 nitrogen and oxygen atoms in total. The molecule has 0 heterocycles. The number of rotatable bonds is 3. The summed E-state index contributed by atoms with van der Waals surface area (Å²) < 4.78 is 0.855. The monoisotopic (exact) mass is 253 g/mol. The zero-order valence-electron chi connectivity index (χ0n) is 7.79. The minimum absolute atomic E-state index is 0.0179. The van der Waals surface area contributed by atoms with Gasteiger partial charge in [-0.25, -0.2) is 0 Å². The summed E-state index contributed by atoms with van der Waals surface area (Å²) in [7, 11) is 0. The summed E-state index contributed by atoms with van der Waals surface area (Å²) >= 11 is 3.36. The molecule has 1 amide bonds. The Morgan fingerprint density at radius 1 is 1.43 bits per heavy atom. The normalized spacial score (nSPS) is 15.2.